The van der Waals surface area contributed by atoms with Crippen LogP contribution < -0.4 is 25.6 Å². The summed E-state index contributed by atoms with van der Waals surface area (Å²) in [5.41, 5.74) is 7.24. The molecule has 3 amide bonds. The van der Waals surface area contributed by atoms with Crippen molar-refractivity contribution in [1.29, 1.82) is 0 Å². The van der Waals surface area contributed by atoms with E-state index in [0.717, 1.165) is 17.5 Å². The number of aryl methyl sites for hydroxylation is 1. The Bertz CT molecular complexity index is 790. The number of hydrogen-bond acceptors (Lipinski definition) is 4. The molecule has 0 saturated carbocycles. The number of amides is 3. The fourth-order valence-electron chi connectivity index (χ4n) is 2.58. The van der Waals surface area contributed by atoms with Crippen LogP contribution in [0.2, 0.25) is 0 Å². The first-order chi connectivity index (χ1) is 13.0. The molecule has 7 nitrogen and oxygen atoms in total. The molecule has 0 aliphatic rings. The molecule has 0 aliphatic heterocycles. The lowest BCUT2D eigenvalue weighted by molar-refractivity contribution is 0.0935. The number of methoxy groups -OCH3 is 2. The quantitative estimate of drug-likeness (QED) is 0.681. The largest absolute Gasteiger partial charge is 0.493 e. The van der Waals surface area contributed by atoms with Crippen LogP contribution in [0.1, 0.15) is 40.9 Å². The lowest BCUT2D eigenvalue weighted by Gasteiger charge is -2.18. The van der Waals surface area contributed by atoms with Crippen molar-refractivity contribution in [1.82, 2.24) is 16.2 Å². The average molecular weight is 371 g/mol. The number of carbonyl (C=O) groups is 2. The smallest absolute Gasteiger partial charge is 0.333 e. The van der Waals surface area contributed by atoms with Gasteiger partial charge in [0.25, 0.3) is 5.91 Å². The SMILES string of the molecule is CCC(NC(=O)NNC(=O)c1ccc(OC)c(OC)c1)c1ccc(C)cc1. The number of hydrogen-bond donors (Lipinski definition) is 3. The highest BCUT2D eigenvalue weighted by atomic mass is 16.5. The van der Waals surface area contributed by atoms with Crippen LogP contribution in [0.5, 0.6) is 11.5 Å². The van der Waals surface area contributed by atoms with Crippen molar-refractivity contribution >= 4 is 11.9 Å². The number of nitrogens with one attached hydrogen (secondary N) is 3. The van der Waals surface area contributed by atoms with Crippen LogP contribution in [0.15, 0.2) is 42.5 Å². The van der Waals surface area contributed by atoms with E-state index in [1.165, 1.54) is 20.3 Å². The molecule has 27 heavy (non-hydrogen) atoms. The minimum atomic E-state index is -0.490. The van der Waals surface area contributed by atoms with E-state index in [1.807, 2.05) is 38.1 Å². The normalized spacial score (nSPS) is 11.3. The number of rotatable bonds is 6. The van der Waals surface area contributed by atoms with Crippen LogP contribution >= 0.6 is 0 Å². The van der Waals surface area contributed by atoms with Crippen molar-refractivity contribution in [3.8, 4) is 11.5 Å². The summed E-state index contributed by atoms with van der Waals surface area (Å²) < 4.78 is 10.3. The van der Waals surface area contributed by atoms with E-state index in [1.54, 1.807) is 12.1 Å². The van der Waals surface area contributed by atoms with Gasteiger partial charge in [0.05, 0.1) is 20.3 Å². The Morgan fingerprint density at radius 3 is 2.22 bits per heavy atom. The zero-order chi connectivity index (χ0) is 19.8. The molecule has 2 rings (SSSR count). The molecular formula is C20H25N3O4. The second-order valence-electron chi connectivity index (χ2n) is 5.99. The highest BCUT2D eigenvalue weighted by molar-refractivity contribution is 5.95. The number of urea groups is 1. The Morgan fingerprint density at radius 2 is 1.63 bits per heavy atom. The second kappa shape index (κ2) is 9.47. The number of hydrazine groups is 1. The first-order valence-electron chi connectivity index (χ1n) is 8.64. The van der Waals surface area contributed by atoms with Gasteiger partial charge in [-0.1, -0.05) is 36.8 Å². The van der Waals surface area contributed by atoms with Gasteiger partial charge in [-0.25, -0.2) is 10.2 Å². The fraction of sp³-hybridized carbons (Fsp3) is 0.300. The molecule has 7 heteroatoms. The summed E-state index contributed by atoms with van der Waals surface area (Å²) in [5, 5.41) is 2.84. The van der Waals surface area contributed by atoms with Crippen molar-refractivity contribution in [2.75, 3.05) is 14.2 Å². The maximum absolute atomic E-state index is 12.2. The van der Waals surface area contributed by atoms with Crippen molar-refractivity contribution < 1.29 is 19.1 Å². The minimum absolute atomic E-state index is 0.149. The van der Waals surface area contributed by atoms with E-state index >= 15 is 0 Å². The molecule has 1 unspecified atom stereocenters. The Labute approximate surface area is 159 Å². The molecule has 0 bridgehead atoms. The van der Waals surface area contributed by atoms with E-state index < -0.39 is 11.9 Å². The maximum Gasteiger partial charge on any atom is 0.333 e. The van der Waals surface area contributed by atoms with Gasteiger partial charge in [0.1, 0.15) is 0 Å². The lowest BCUT2D eigenvalue weighted by atomic mass is 10.0. The highest BCUT2D eigenvalue weighted by Gasteiger charge is 2.14. The summed E-state index contributed by atoms with van der Waals surface area (Å²) in [6.45, 7) is 3.99. The standard InChI is InChI=1S/C20H25N3O4/c1-5-16(14-8-6-13(2)7-9-14)21-20(25)23-22-19(24)15-10-11-17(26-3)18(12-15)27-4/h6-12,16H,5H2,1-4H3,(H,22,24)(H2,21,23,25). The predicted octanol–water partition coefficient (Wildman–Crippen LogP) is 3.11. The van der Waals surface area contributed by atoms with Crippen LogP contribution in [0, 0.1) is 6.92 Å². The molecule has 0 saturated heterocycles. The van der Waals surface area contributed by atoms with Crippen LogP contribution in [-0.4, -0.2) is 26.2 Å². The summed E-state index contributed by atoms with van der Waals surface area (Å²) in [7, 11) is 3.00. The van der Waals surface area contributed by atoms with Gasteiger partial charge < -0.3 is 14.8 Å². The van der Waals surface area contributed by atoms with Gasteiger partial charge in [-0.3, -0.25) is 10.2 Å². The monoisotopic (exact) mass is 371 g/mol. The average Bonchev–Trinajstić information content (AvgIpc) is 2.70. The molecule has 0 aliphatic carbocycles. The first-order valence-corrected chi connectivity index (χ1v) is 8.64. The third-order valence-electron chi connectivity index (χ3n) is 4.13. The summed E-state index contributed by atoms with van der Waals surface area (Å²) in [5.74, 6) is 0.484. The van der Waals surface area contributed by atoms with E-state index in [-0.39, 0.29) is 6.04 Å². The van der Waals surface area contributed by atoms with Crippen LogP contribution in [0.25, 0.3) is 0 Å². The van der Waals surface area contributed by atoms with Gasteiger partial charge in [0, 0.05) is 5.56 Å². The predicted molar refractivity (Wildman–Crippen MR) is 103 cm³/mol. The zero-order valence-corrected chi connectivity index (χ0v) is 16.0. The Hall–Kier alpha value is -3.22. The van der Waals surface area contributed by atoms with Gasteiger partial charge in [-0.05, 0) is 37.1 Å². The second-order valence-corrected chi connectivity index (χ2v) is 5.99. The van der Waals surface area contributed by atoms with Crippen molar-refractivity contribution in [2.45, 2.75) is 26.3 Å². The molecule has 0 heterocycles. The van der Waals surface area contributed by atoms with Gasteiger partial charge >= 0.3 is 6.03 Å². The van der Waals surface area contributed by atoms with Gasteiger partial charge in [-0.15, -0.1) is 0 Å². The Kier molecular flexibility index (Phi) is 7.05. The first kappa shape index (κ1) is 20.1. The molecule has 0 spiro atoms. The third kappa shape index (κ3) is 5.37. The number of carbonyl (C=O) groups excluding carboxylic acids is 2. The van der Waals surface area contributed by atoms with Crippen LogP contribution in [-0.2, 0) is 0 Å². The third-order valence-corrected chi connectivity index (χ3v) is 4.13. The van der Waals surface area contributed by atoms with Gasteiger partial charge in [0.2, 0.25) is 0 Å². The number of benzene rings is 2. The lowest BCUT2D eigenvalue weighted by Crippen LogP contribution is -2.47. The van der Waals surface area contributed by atoms with Crippen LogP contribution in [0.4, 0.5) is 4.79 Å². The van der Waals surface area contributed by atoms with Crippen molar-refractivity contribution in [2.24, 2.45) is 0 Å². The molecular weight excluding hydrogens is 346 g/mol. The summed E-state index contributed by atoms with van der Waals surface area (Å²) in [6.07, 6.45) is 0.722. The highest BCUT2D eigenvalue weighted by Crippen LogP contribution is 2.27. The fourth-order valence-corrected chi connectivity index (χ4v) is 2.58. The van der Waals surface area contributed by atoms with E-state index in [4.69, 9.17) is 9.47 Å². The summed E-state index contributed by atoms with van der Waals surface area (Å²) >= 11 is 0. The Morgan fingerprint density at radius 1 is 0.963 bits per heavy atom. The van der Waals surface area contributed by atoms with E-state index in [2.05, 4.69) is 16.2 Å². The number of ether oxygens (including phenoxy) is 2. The molecule has 0 fully saturated rings. The maximum atomic E-state index is 12.2. The minimum Gasteiger partial charge on any atom is -0.493 e. The molecule has 1 atom stereocenters. The topological polar surface area (TPSA) is 88.7 Å². The Balaban J connectivity index is 1.94. The van der Waals surface area contributed by atoms with Crippen molar-refractivity contribution in [3.63, 3.8) is 0 Å². The summed E-state index contributed by atoms with van der Waals surface area (Å²) in [4.78, 5) is 24.4. The molecule has 144 valence electrons. The van der Waals surface area contributed by atoms with Crippen molar-refractivity contribution in [3.05, 3.63) is 59.2 Å². The zero-order valence-electron chi connectivity index (χ0n) is 16.0. The molecule has 0 aromatic heterocycles. The van der Waals surface area contributed by atoms with Gasteiger partial charge in [0.15, 0.2) is 11.5 Å². The van der Waals surface area contributed by atoms with Gasteiger partial charge in [-0.2, -0.15) is 0 Å². The van der Waals surface area contributed by atoms with E-state index in [9.17, 15) is 9.59 Å². The van der Waals surface area contributed by atoms with E-state index in [0.29, 0.717) is 17.1 Å². The molecule has 2 aromatic carbocycles. The molecule has 0 radical (unpaired) electrons. The molecule has 3 N–H and O–H groups in total. The van der Waals surface area contributed by atoms with Crippen LogP contribution in [0.3, 0.4) is 0 Å². The molecule has 2 aromatic rings. The summed E-state index contributed by atoms with van der Waals surface area (Å²) in [6, 6.07) is 12.1.